The van der Waals surface area contributed by atoms with Crippen molar-refractivity contribution < 1.29 is 4.79 Å². The maximum absolute atomic E-state index is 12.0. The van der Waals surface area contributed by atoms with Crippen molar-refractivity contribution >= 4 is 17.5 Å². The molecule has 116 valence electrons. The summed E-state index contributed by atoms with van der Waals surface area (Å²) in [6.07, 6.45) is 1.34. The summed E-state index contributed by atoms with van der Waals surface area (Å²) in [5.74, 6) is 1.08. The Morgan fingerprint density at radius 1 is 1.18 bits per heavy atom. The lowest BCUT2D eigenvalue weighted by atomic mass is 10.1. The highest BCUT2D eigenvalue weighted by Gasteiger charge is 2.06. The third-order valence-corrected chi connectivity index (χ3v) is 3.39. The van der Waals surface area contributed by atoms with E-state index in [0.29, 0.717) is 24.1 Å². The number of hydrogen-bond acceptors (Lipinski definition) is 4. The third kappa shape index (κ3) is 4.84. The van der Waals surface area contributed by atoms with Crippen LogP contribution in [0, 0.1) is 6.92 Å². The van der Waals surface area contributed by atoms with Gasteiger partial charge in [-0.05, 0) is 38.0 Å². The van der Waals surface area contributed by atoms with Crippen molar-refractivity contribution in [2.45, 2.75) is 39.7 Å². The monoisotopic (exact) mass is 298 g/mol. The number of carbonyl (C=O) groups is 1. The molecule has 1 aromatic heterocycles. The van der Waals surface area contributed by atoms with Crippen LogP contribution >= 0.6 is 0 Å². The van der Waals surface area contributed by atoms with Crippen molar-refractivity contribution in [3.05, 3.63) is 47.5 Å². The molecule has 1 heterocycles. The van der Waals surface area contributed by atoms with E-state index in [1.165, 1.54) is 0 Å². The van der Waals surface area contributed by atoms with E-state index in [-0.39, 0.29) is 5.91 Å². The number of rotatable bonds is 6. The van der Waals surface area contributed by atoms with Crippen LogP contribution in [0.4, 0.5) is 11.6 Å². The fraction of sp³-hybridized carbons (Fsp3) is 0.353. The fourth-order valence-corrected chi connectivity index (χ4v) is 2.02. The molecule has 1 unspecified atom stereocenters. The van der Waals surface area contributed by atoms with Gasteiger partial charge in [0, 0.05) is 6.04 Å². The SMILES string of the molecule is CCC(C)Nc1ccc(NC(=O)Cc2cccc(C)c2)nn1. The number of aromatic nitrogens is 2. The number of aryl methyl sites for hydroxylation is 1. The van der Waals surface area contributed by atoms with Crippen LogP contribution in [0.25, 0.3) is 0 Å². The van der Waals surface area contributed by atoms with Crippen molar-refractivity contribution in [1.29, 1.82) is 0 Å². The Balaban J connectivity index is 1.91. The molecule has 2 aromatic rings. The van der Waals surface area contributed by atoms with E-state index < -0.39 is 0 Å². The van der Waals surface area contributed by atoms with E-state index in [0.717, 1.165) is 17.5 Å². The first-order valence-electron chi connectivity index (χ1n) is 7.52. The zero-order valence-electron chi connectivity index (χ0n) is 13.3. The van der Waals surface area contributed by atoms with Crippen molar-refractivity contribution in [2.24, 2.45) is 0 Å². The van der Waals surface area contributed by atoms with Gasteiger partial charge in [-0.25, -0.2) is 0 Å². The first-order valence-corrected chi connectivity index (χ1v) is 7.52. The molecule has 2 rings (SSSR count). The number of nitrogens with zero attached hydrogens (tertiary/aromatic N) is 2. The van der Waals surface area contributed by atoms with Crippen LogP contribution in [-0.2, 0) is 11.2 Å². The van der Waals surface area contributed by atoms with Crippen LogP contribution in [0.15, 0.2) is 36.4 Å². The molecule has 0 aliphatic rings. The largest absolute Gasteiger partial charge is 0.366 e. The first kappa shape index (κ1) is 15.9. The van der Waals surface area contributed by atoms with E-state index in [9.17, 15) is 4.79 Å². The highest BCUT2D eigenvalue weighted by Crippen LogP contribution is 2.10. The first-order chi connectivity index (χ1) is 10.6. The van der Waals surface area contributed by atoms with Crippen LogP contribution in [0.5, 0.6) is 0 Å². The summed E-state index contributed by atoms with van der Waals surface area (Å²) in [6.45, 7) is 6.19. The van der Waals surface area contributed by atoms with E-state index >= 15 is 0 Å². The van der Waals surface area contributed by atoms with Gasteiger partial charge >= 0.3 is 0 Å². The van der Waals surface area contributed by atoms with Crippen molar-refractivity contribution in [3.63, 3.8) is 0 Å². The minimum absolute atomic E-state index is 0.0949. The van der Waals surface area contributed by atoms with Gasteiger partial charge in [-0.1, -0.05) is 36.8 Å². The molecule has 0 bridgehead atoms. The molecule has 0 aliphatic carbocycles. The Morgan fingerprint density at radius 3 is 2.55 bits per heavy atom. The normalized spacial score (nSPS) is 11.8. The maximum Gasteiger partial charge on any atom is 0.229 e. The minimum atomic E-state index is -0.0949. The molecule has 0 fully saturated rings. The van der Waals surface area contributed by atoms with Crippen LogP contribution in [0.1, 0.15) is 31.4 Å². The summed E-state index contributed by atoms with van der Waals surface area (Å²) in [5, 5.41) is 14.1. The quantitative estimate of drug-likeness (QED) is 0.859. The second-order valence-corrected chi connectivity index (χ2v) is 5.47. The maximum atomic E-state index is 12.0. The third-order valence-electron chi connectivity index (χ3n) is 3.39. The van der Waals surface area contributed by atoms with E-state index in [4.69, 9.17) is 0 Å². The minimum Gasteiger partial charge on any atom is -0.366 e. The summed E-state index contributed by atoms with van der Waals surface area (Å²) in [5.41, 5.74) is 2.13. The van der Waals surface area contributed by atoms with Crippen LogP contribution < -0.4 is 10.6 Å². The second-order valence-electron chi connectivity index (χ2n) is 5.47. The molecular formula is C17H22N4O. The molecule has 0 spiro atoms. The summed E-state index contributed by atoms with van der Waals surface area (Å²) >= 11 is 0. The predicted molar refractivity (Wildman–Crippen MR) is 88.9 cm³/mol. The lowest BCUT2D eigenvalue weighted by molar-refractivity contribution is -0.115. The Bertz CT molecular complexity index is 625. The average molecular weight is 298 g/mol. The Morgan fingerprint density at radius 2 is 1.91 bits per heavy atom. The molecule has 0 saturated heterocycles. The van der Waals surface area contributed by atoms with Crippen LogP contribution in [0.3, 0.4) is 0 Å². The summed E-state index contributed by atoms with van der Waals surface area (Å²) in [4.78, 5) is 12.0. The van der Waals surface area contributed by atoms with Gasteiger partial charge in [-0.15, -0.1) is 10.2 Å². The average Bonchev–Trinajstić information content (AvgIpc) is 2.49. The van der Waals surface area contributed by atoms with Crippen molar-refractivity contribution in [2.75, 3.05) is 10.6 Å². The Labute approximate surface area is 131 Å². The van der Waals surface area contributed by atoms with Gasteiger partial charge in [0.25, 0.3) is 0 Å². The Kier molecular flexibility index (Phi) is 5.47. The molecule has 22 heavy (non-hydrogen) atoms. The predicted octanol–water partition coefficient (Wildman–Crippen LogP) is 3.18. The number of amides is 1. The summed E-state index contributed by atoms with van der Waals surface area (Å²) < 4.78 is 0. The van der Waals surface area contributed by atoms with Gasteiger partial charge in [-0.2, -0.15) is 0 Å². The number of carbonyl (C=O) groups excluding carboxylic acids is 1. The van der Waals surface area contributed by atoms with Crippen LogP contribution in [-0.4, -0.2) is 22.1 Å². The van der Waals surface area contributed by atoms with Gasteiger partial charge in [0.05, 0.1) is 6.42 Å². The molecule has 0 saturated carbocycles. The number of anilines is 2. The smallest absolute Gasteiger partial charge is 0.229 e. The zero-order chi connectivity index (χ0) is 15.9. The van der Waals surface area contributed by atoms with Crippen LogP contribution in [0.2, 0.25) is 0 Å². The molecule has 5 nitrogen and oxygen atoms in total. The van der Waals surface area contributed by atoms with Gasteiger partial charge < -0.3 is 10.6 Å². The van der Waals surface area contributed by atoms with Gasteiger partial charge in [0.1, 0.15) is 5.82 Å². The summed E-state index contributed by atoms with van der Waals surface area (Å²) in [6, 6.07) is 11.8. The highest BCUT2D eigenvalue weighted by molar-refractivity contribution is 5.91. The zero-order valence-corrected chi connectivity index (χ0v) is 13.3. The highest BCUT2D eigenvalue weighted by atomic mass is 16.1. The van der Waals surface area contributed by atoms with E-state index in [1.807, 2.05) is 37.3 Å². The molecule has 1 aromatic carbocycles. The lowest BCUT2D eigenvalue weighted by Gasteiger charge is -2.11. The molecule has 0 aliphatic heterocycles. The Hall–Kier alpha value is -2.43. The van der Waals surface area contributed by atoms with E-state index in [2.05, 4.69) is 34.7 Å². The van der Waals surface area contributed by atoms with E-state index in [1.54, 1.807) is 6.07 Å². The lowest BCUT2D eigenvalue weighted by Crippen LogP contribution is -2.17. The standard InChI is InChI=1S/C17H22N4O/c1-4-13(3)18-15-8-9-16(21-20-15)19-17(22)11-14-7-5-6-12(2)10-14/h5-10,13H,4,11H2,1-3H3,(H,18,20)(H,19,21,22). The summed E-state index contributed by atoms with van der Waals surface area (Å²) in [7, 11) is 0. The fourth-order valence-electron chi connectivity index (χ4n) is 2.02. The second kappa shape index (κ2) is 7.54. The van der Waals surface area contributed by atoms with Gasteiger partial charge in [0.2, 0.25) is 5.91 Å². The molecule has 2 N–H and O–H groups in total. The number of nitrogens with one attached hydrogen (secondary N) is 2. The van der Waals surface area contributed by atoms with Gasteiger partial charge in [0.15, 0.2) is 5.82 Å². The molecule has 0 radical (unpaired) electrons. The topological polar surface area (TPSA) is 66.9 Å². The van der Waals surface area contributed by atoms with Crippen molar-refractivity contribution in [3.8, 4) is 0 Å². The number of benzene rings is 1. The molecule has 5 heteroatoms. The molecule has 1 atom stereocenters. The van der Waals surface area contributed by atoms with Crippen molar-refractivity contribution in [1.82, 2.24) is 10.2 Å². The molecular weight excluding hydrogens is 276 g/mol. The number of hydrogen-bond donors (Lipinski definition) is 2. The molecule has 1 amide bonds. The van der Waals surface area contributed by atoms with Gasteiger partial charge in [-0.3, -0.25) is 4.79 Å².